The van der Waals surface area contributed by atoms with Crippen molar-refractivity contribution >= 4 is 11.8 Å². The number of nitrogens with two attached hydrogens (primary N) is 1. The van der Waals surface area contributed by atoms with Crippen LogP contribution in [0.1, 0.15) is 25.8 Å². The molecule has 1 aromatic carbocycles. The number of rotatable bonds is 6. The number of nitrogens with one attached hydrogen (secondary N) is 1. The summed E-state index contributed by atoms with van der Waals surface area (Å²) in [6.07, 6.45) is 0.167. The van der Waals surface area contributed by atoms with E-state index in [0.717, 1.165) is 12.1 Å². The molecule has 0 heterocycles. The standard InChI is InChI=1S/C14H18F2N2O2/c1-3-8(2)13(14(17)20)18-12(19)7-9-10(15)5-4-6-11(9)16/h4-6,8,13H,3,7H2,1-2H3,(H2,17,20)(H,18,19). The van der Waals surface area contributed by atoms with Crippen LogP contribution in [0.15, 0.2) is 18.2 Å². The molecule has 4 nitrogen and oxygen atoms in total. The maximum atomic E-state index is 13.4. The highest BCUT2D eigenvalue weighted by Gasteiger charge is 2.24. The maximum Gasteiger partial charge on any atom is 0.240 e. The van der Waals surface area contributed by atoms with Gasteiger partial charge in [-0.25, -0.2) is 8.78 Å². The van der Waals surface area contributed by atoms with Crippen molar-refractivity contribution in [1.29, 1.82) is 0 Å². The number of amides is 2. The van der Waals surface area contributed by atoms with Crippen molar-refractivity contribution in [1.82, 2.24) is 5.32 Å². The molecule has 0 aliphatic carbocycles. The van der Waals surface area contributed by atoms with E-state index in [1.165, 1.54) is 6.07 Å². The van der Waals surface area contributed by atoms with Crippen molar-refractivity contribution in [2.24, 2.45) is 11.7 Å². The fourth-order valence-corrected chi connectivity index (χ4v) is 1.82. The minimum absolute atomic E-state index is 0.151. The molecule has 0 aromatic heterocycles. The summed E-state index contributed by atoms with van der Waals surface area (Å²) in [5.41, 5.74) is 4.89. The van der Waals surface area contributed by atoms with Crippen molar-refractivity contribution in [2.45, 2.75) is 32.7 Å². The molecule has 0 aliphatic rings. The number of carbonyl (C=O) groups excluding carboxylic acids is 2. The lowest BCUT2D eigenvalue weighted by atomic mass is 9.98. The Balaban J connectivity index is 2.79. The van der Waals surface area contributed by atoms with Gasteiger partial charge in [0, 0.05) is 5.56 Å². The molecule has 3 N–H and O–H groups in total. The zero-order valence-electron chi connectivity index (χ0n) is 11.5. The summed E-state index contributed by atoms with van der Waals surface area (Å²) in [6.45, 7) is 3.61. The molecule has 1 rings (SSSR count). The second-order valence-electron chi connectivity index (χ2n) is 4.71. The Kier molecular flexibility index (Phi) is 5.61. The van der Waals surface area contributed by atoms with Crippen LogP contribution in [0.25, 0.3) is 0 Å². The smallest absolute Gasteiger partial charge is 0.240 e. The molecule has 0 fully saturated rings. The summed E-state index contributed by atoms with van der Waals surface area (Å²) >= 11 is 0. The zero-order valence-corrected chi connectivity index (χ0v) is 11.5. The third-order valence-corrected chi connectivity index (χ3v) is 3.24. The molecule has 2 unspecified atom stereocenters. The highest BCUT2D eigenvalue weighted by Crippen LogP contribution is 2.13. The molecule has 0 spiro atoms. The van der Waals surface area contributed by atoms with Gasteiger partial charge in [0.2, 0.25) is 11.8 Å². The van der Waals surface area contributed by atoms with Gasteiger partial charge < -0.3 is 11.1 Å². The molecule has 2 amide bonds. The average Bonchev–Trinajstić information content (AvgIpc) is 2.39. The van der Waals surface area contributed by atoms with Crippen LogP contribution in [0.4, 0.5) is 8.78 Å². The van der Waals surface area contributed by atoms with E-state index >= 15 is 0 Å². The Morgan fingerprint density at radius 3 is 2.30 bits per heavy atom. The van der Waals surface area contributed by atoms with Gasteiger partial charge >= 0.3 is 0 Å². The van der Waals surface area contributed by atoms with Gasteiger partial charge in [0.15, 0.2) is 0 Å². The Morgan fingerprint density at radius 2 is 1.85 bits per heavy atom. The zero-order chi connectivity index (χ0) is 15.3. The second-order valence-corrected chi connectivity index (χ2v) is 4.71. The summed E-state index contributed by atoms with van der Waals surface area (Å²) in [4.78, 5) is 23.1. The minimum atomic E-state index is -0.845. The van der Waals surface area contributed by atoms with Crippen molar-refractivity contribution in [2.75, 3.05) is 0 Å². The number of primary amides is 1. The molecule has 0 aliphatic heterocycles. The van der Waals surface area contributed by atoms with Gasteiger partial charge in [0.1, 0.15) is 17.7 Å². The van der Waals surface area contributed by atoms with E-state index in [1.54, 1.807) is 6.92 Å². The molecule has 20 heavy (non-hydrogen) atoms. The quantitative estimate of drug-likeness (QED) is 0.831. The van der Waals surface area contributed by atoms with E-state index in [1.807, 2.05) is 6.92 Å². The van der Waals surface area contributed by atoms with Gasteiger partial charge in [0.25, 0.3) is 0 Å². The Bertz CT molecular complexity index is 486. The van der Waals surface area contributed by atoms with Crippen LogP contribution in [-0.4, -0.2) is 17.9 Å². The Hall–Kier alpha value is -1.98. The third-order valence-electron chi connectivity index (χ3n) is 3.24. The molecule has 0 saturated heterocycles. The number of hydrogen-bond acceptors (Lipinski definition) is 2. The molecule has 2 atom stereocenters. The molecule has 0 saturated carbocycles. The lowest BCUT2D eigenvalue weighted by Crippen LogP contribution is -2.48. The van der Waals surface area contributed by atoms with Crippen molar-refractivity contribution in [3.05, 3.63) is 35.4 Å². The van der Waals surface area contributed by atoms with Gasteiger partial charge in [-0.3, -0.25) is 9.59 Å². The predicted molar refractivity (Wildman–Crippen MR) is 70.6 cm³/mol. The summed E-state index contributed by atoms with van der Waals surface area (Å²) in [6, 6.07) is 2.53. The number of benzene rings is 1. The molecular weight excluding hydrogens is 266 g/mol. The summed E-state index contributed by atoms with van der Waals surface area (Å²) in [5, 5.41) is 2.42. The first-order valence-electron chi connectivity index (χ1n) is 6.38. The van der Waals surface area contributed by atoms with Crippen LogP contribution < -0.4 is 11.1 Å². The molecule has 1 aromatic rings. The van der Waals surface area contributed by atoms with E-state index in [4.69, 9.17) is 5.73 Å². The normalized spacial score (nSPS) is 13.6. The first-order chi connectivity index (χ1) is 9.36. The van der Waals surface area contributed by atoms with Gasteiger partial charge in [0.05, 0.1) is 6.42 Å². The van der Waals surface area contributed by atoms with E-state index in [-0.39, 0.29) is 11.5 Å². The predicted octanol–water partition coefficient (Wildman–Crippen LogP) is 1.52. The lowest BCUT2D eigenvalue weighted by Gasteiger charge is -2.21. The molecular formula is C14H18F2N2O2. The van der Waals surface area contributed by atoms with Gasteiger partial charge in [-0.1, -0.05) is 26.3 Å². The maximum absolute atomic E-state index is 13.4. The van der Waals surface area contributed by atoms with Crippen LogP contribution in [-0.2, 0) is 16.0 Å². The van der Waals surface area contributed by atoms with Crippen LogP contribution in [0.3, 0.4) is 0 Å². The number of hydrogen-bond donors (Lipinski definition) is 2. The average molecular weight is 284 g/mol. The summed E-state index contributed by atoms with van der Waals surface area (Å²) in [5.74, 6) is -3.04. The third kappa shape index (κ3) is 4.01. The van der Waals surface area contributed by atoms with Crippen LogP contribution >= 0.6 is 0 Å². The number of halogens is 2. The topological polar surface area (TPSA) is 72.2 Å². The molecule has 6 heteroatoms. The van der Waals surface area contributed by atoms with Crippen molar-refractivity contribution in [3.63, 3.8) is 0 Å². The van der Waals surface area contributed by atoms with Gasteiger partial charge in [-0.2, -0.15) is 0 Å². The SMILES string of the molecule is CCC(C)C(NC(=O)Cc1c(F)cccc1F)C(N)=O. The summed E-state index contributed by atoms with van der Waals surface area (Å²) in [7, 11) is 0. The van der Waals surface area contributed by atoms with Gasteiger partial charge in [-0.15, -0.1) is 0 Å². The molecule has 0 radical (unpaired) electrons. The van der Waals surface area contributed by atoms with Crippen LogP contribution in [0.2, 0.25) is 0 Å². The van der Waals surface area contributed by atoms with Crippen molar-refractivity contribution < 1.29 is 18.4 Å². The monoisotopic (exact) mass is 284 g/mol. The second kappa shape index (κ2) is 6.98. The highest BCUT2D eigenvalue weighted by atomic mass is 19.1. The molecule has 110 valence electrons. The summed E-state index contributed by atoms with van der Waals surface area (Å²) < 4.78 is 26.8. The minimum Gasteiger partial charge on any atom is -0.368 e. The van der Waals surface area contributed by atoms with E-state index < -0.39 is 35.9 Å². The van der Waals surface area contributed by atoms with Crippen LogP contribution in [0, 0.1) is 17.6 Å². The largest absolute Gasteiger partial charge is 0.368 e. The highest BCUT2D eigenvalue weighted by molar-refractivity contribution is 5.87. The fraction of sp³-hybridized carbons (Fsp3) is 0.429. The number of carbonyl (C=O) groups is 2. The molecule has 0 bridgehead atoms. The fourth-order valence-electron chi connectivity index (χ4n) is 1.82. The first-order valence-corrected chi connectivity index (χ1v) is 6.38. The Morgan fingerprint density at radius 1 is 1.30 bits per heavy atom. The van der Waals surface area contributed by atoms with E-state index in [2.05, 4.69) is 5.32 Å². The lowest BCUT2D eigenvalue weighted by molar-refractivity contribution is -0.128. The van der Waals surface area contributed by atoms with Crippen LogP contribution in [0.5, 0.6) is 0 Å². The first kappa shape index (κ1) is 16.1. The van der Waals surface area contributed by atoms with E-state index in [9.17, 15) is 18.4 Å². The van der Waals surface area contributed by atoms with Crippen molar-refractivity contribution in [3.8, 4) is 0 Å². The van der Waals surface area contributed by atoms with E-state index in [0.29, 0.717) is 6.42 Å². The van der Waals surface area contributed by atoms with Gasteiger partial charge in [-0.05, 0) is 18.1 Å². The Labute approximate surface area is 116 Å².